The lowest BCUT2D eigenvalue weighted by atomic mass is 10.2. The molecular weight excluding hydrogens is 296 g/mol. The van der Waals surface area contributed by atoms with Gasteiger partial charge in [-0.3, -0.25) is 0 Å². The summed E-state index contributed by atoms with van der Waals surface area (Å²) in [6.07, 6.45) is 6.28. The average molecular weight is 316 g/mol. The van der Waals surface area contributed by atoms with Crippen LogP contribution in [0.15, 0.2) is 6.33 Å². The molecule has 0 amide bonds. The van der Waals surface area contributed by atoms with Crippen molar-refractivity contribution >= 4 is 33.1 Å². The molecule has 0 saturated heterocycles. The largest absolute Gasteiger partial charge is 0.354 e. The quantitative estimate of drug-likeness (QED) is 0.731. The van der Waals surface area contributed by atoms with E-state index in [1.54, 1.807) is 6.33 Å². The summed E-state index contributed by atoms with van der Waals surface area (Å²) in [5, 5.41) is 8.99. The van der Waals surface area contributed by atoms with Crippen molar-refractivity contribution in [3.8, 4) is 0 Å². The lowest BCUT2D eigenvalue weighted by Crippen LogP contribution is -2.17. The Balaban J connectivity index is 1.71. The lowest BCUT2D eigenvalue weighted by Gasteiger charge is -2.11. The first kappa shape index (κ1) is 13.9. The summed E-state index contributed by atoms with van der Waals surface area (Å²) in [6, 6.07) is 0. The number of nitrogens with one attached hydrogen (secondary N) is 1. The van der Waals surface area contributed by atoms with Gasteiger partial charge in [-0.15, -0.1) is 11.3 Å². The van der Waals surface area contributed by atoms with Crippen LogP contribution in [0.4, 0.5) is 5.95 Å². The van der Waals surface area contributed by atoms with E-state index in [2.05, 4.69) is 34.4 Å². The van der Waals surface area contributed by atoms with Gasteiger partial charge < -0.3 is 10.2 Å². The Bertz CT molecular complexity index is 818. The molecule has 0 spiro atoms. The Morgan fingerprint density at radius 2 is 2.27 bits per heavy atom. The predicted octanol–water partition coefficient (Wildman–Crippen LogP) is 2.19. The van der Waals surface area contributed by atoms with Crippen LogP contribution in [0.1, 0.15) is 23.3 Å². The summed E-state index contributed by atoms with van der Waals surface area (Å²) < 4.78 is 1.85. The maximum absolute atomic E-state index is 4.81. The number of aryl methyl sites for hydroxylation is 2. The van der Waals surface area contributed by atoms with Crippen LogP contribution >= 0.6 is 11.3 Å². The Morgan fingerprint density at radius 3 is 3.14 bits per heavy atom. The molecule has 116 valence electrons. The molecule has 22 heavy (non-hydrogen) atoms. The van der Waals surface area contributed by atoms with E-state index < -0.39 is 0 Å². The zero-order chi connectivity index (χ0) is 15.1. The van der Waals surface area contributed by atoms with Gasteiger partial charge in [0.25, 0.3) is 0 Å². The zero-order valence-electron chi connectivity index (χ0n) is 13.0. The molecule has 0 radical (unpaired) electrons. The van der Waals surface area contributed by atoms with Crippen molar-refractivity contribution in [2.75, 3.05) is 32.5 Å². The van der Waals surface area contributed by atoms with Crippen molar-refractivity contribution < 1.29 is 0 Å². The van der Waals surface area contributed by atoms with Crippen molar-refractivity contribution in [2.45, 2.75) is 25.7 Å². The molecule has 1 aliphatic carbocycles. The zero-order valence-corrected chi connectivity index (χ0v) is 13.8. The predicted molar refractivity (Wildman–Crippen MR) is 89.9 cm³/mol. The van der Waals surface area contributed by atoms with Crippen molar-refractivity contribution in [3.05, 3.63) is 16.8 Å². The van der Waals surface area contributed by atoms with E-state index in [0.717, 1.165) is 42.4 Å². The van der Waals surface area contributed by atoms with Crippen LogP contribution in [0.3, 0.4) is 0 Å². The van der Waals surface area contributed by atoms with Crippen LogP contribution in [0, 0.1) is 0 Å². The molecule has 3 aromatic rings. The standard InChI is InChI=1S/C15H20N6S/c1-20(2)8-4-7-16-15-19-14-12(13-17-9-18-21(13)15)10-5-3-6-11(10)22-14/h9H,3-8H2,1-2H3,(H,16,19). The molecular formula is C15H20N6S. The van der Waals surface area contributed by atoms with Crippen molar-refractivity contribution in [3.63, 3.8) is 0 Å². The Labute approximate surface area is 133 Å². The first-order valence-electron chi connectivity index (χ1n) is 7.76. The van der Waals surface area contributed by atoms with E-state index >= 15 is 0 Å². The Kier molecular flexibility index (Phi) is 3.46. The van der Waals surface area contributed by atoms with Crippen LogP contribution in [0.5, 0.6) is 0 Å². The van der Waals surface area contributed by atoms with E-state index in [4.69, 9.17) is 4.98 Å². The summed E-state index contributed by atoms with van der Waals surface area (Å²) in [6.45, 7) is 1.94. The molecule has 0 bridgehead atoms. The van der Waals surface area contributed by atoms with Crippen LogP contribution < -0.4 is 5.32 Å². The number of anilines is 1. The minimum Gasteiger partial charge on any atom is -0.354 e. The van der Waals surface area contributed by atoms with Crippen LogP contribution in [0.25, 0.3) is 15.9 Å². The van der Waals surface area contributed by atoms with Gasteiger partial charge in [0.15, 0.2) is 5.65 Å². The molecule has 0 aliphatic heterocycles. The SMILES string of the molecule is CN(C)CCCNc1nc2sc3c(c2c2ncnn12)CCC3. The highest BCUT2D eigenvalue weighted by Crippen LogP contribution is 2.38. The monoisotopic (exact) mass is 316 g/mol. The van der Waals surface area contributed by atoms with Crippen LogP contribution in [-0.2, 0) is 12.8 Å². The third-order valence-corrected chi connectivity index (χ3v) is 5.33. The van der Waals surface area contributed by atoms with Crippen molar-refractivity contribution in [1.82, 2.24) is 24.5 Å². The summed E-state index contributed by atoms with van der Waals surface area (Å²) in [7, 11) is 4.18. The van der Waals surface area contributed by atoms with Gasteiger partial charge in [-0.1, -0.05) is 0 Å². The first-order chi connectivity index (χ1) is 10.7. The van der Waals surface area contributed by atoms with Crippen LogP contribution in [0.2, 0.25) is 0 Å². The Morgan fingerprint density at radius 1 is 1.36 bits per heavy atom. The van der Waals surface area contributed by atoms with Gasteiger partial charge in [0.1, 0.15) is 11.2 Å². The minimum atomic E-state index is 0.804. The molecule has 0 fully saturated rings. The molecule has 3 heterocycles. The lowest BCUT2D eigenvalue weighted by molar-refractivity contribution is 0.405. The van der Waals surface area contributed by atoms with Crippen molar-refractivity contribution in [2.24, 2.45) is 0 Å². The fourth-order valence-corrected chi connectivity index (χ4v) is 4.38. The number of fused-ring (bicyclic) bond motifs is 5. The third-order valence-electron chi connectivity index (χ3n) is 4.15. The summed E-state index contributed by atoms with van der Waals surface area (Å²) in [5.41, 5.74) is 2.39. The van der Waals surface area contributed by atoms with Gasteiger partial charge in [0.05, 0.1) is 5.39 Å². The second-order valence-corrected chi connectivity index (χ2v) is 7.14. The minimum absolute atomic E-state index is 0.804. The fourth-order valence-electron chi connectivity index (χ4n) is 3.12. The molecule has 0 saturated carbocycles. The van der Waals surface area contributed by atoms with E-state index in [-0.39, 0.29) is 0 Å². The van der Waals surface area contributed by atoms with Gasteiger partial charge in [-0.25, -0.2) is 9.97 Å². The molecule has 0 atom stereocenters. The number of thiophene rings is 1. The molecule has 7 heteroatoms. The van der Waals surface area contributed by atoms with Gasteiger partial charge in [-0.05, 0) is 51.9 Å². The molecule has 0 aromatic carbocycles. The molecule has 1 aliphatic rings. The van der Waals surface area contributed by atoms with Gasteiger partial charge in [0.2, 0.25) is 5.95 Å². The van der Waals surface area contributed by atoms with Gasteiger partial charge >= 0.3 is 0 Å². The summed E-state index contributed by atoms with van der Waals surface area (Å²) >= 11 is 1.82. The smallest absolute Gasteiger partial charge is 0.227 e. The molecule has 0 unspecified atom stereocenters. The van der Waals surface area contributed by atoms with Gasteiger partial charge in [0, 0.05) is 11.4 Å². The average Bonchev–Trinajstić information content (AvgIpc) is 3.16. The first-order valence-corrected chi connectivity index (χ1v) is 8.58. The normalized spacial score (nSPS) is 14.3. The maximum Gasteiger partial charge on any atom is 0.227 e. The second kappa shape index (κ2) is 5.48. The second-order valence-electron chi connectivity index (χ2n) is 6.05. The highest BCUT2D eigenvalue weighted by molar-refractivity contribution is 7.19. The Hall–Kier alpha value is -1.73. The topological polar surface area (TPSA) is 58.3 Å². The molecule has 1 N–H and O–H groups in total. The fraction of sp³-hybridized carbons (Fsp3) is 0.533. The highest BCUT2D eigenvalue weighted by Gasteiger charge is 2.22. The molecule has 3 aromatic heterocycles. The number of hydrogen-bond acceptors (Lipinski definition) is 6. The molecule has 6 nitrogen and oxygen atoms in total. The molecule has 4 rings (SSSR count). The van der Waals surface area contributed by atoms with E-state index in [1.165, 1.54) is 28.7 Å². The van der Waals surface area contributed by atoms with E-state index in [0.29, 0.717) is 0 Å². The number of nitrogens with zero attached hydrogens (tertiary/aromatic N) is 5. The number of hydrogen-bond donors (Lipinski definition) is 1. The summed E-state index contributed by atoms with van der Waals surface area (Å²) in [5.74, 6) is 0.804. The highest BCUT2D eigenvalue weighted by atomic mass is 32.1. The maximum atomic E-state index is 4.81. The number of aromatic nitrogens is 4. The van der Waals surface area contributed by atoms with E-state index in [9.17, 15) is 0 Å². The number of rotatable bonds is 5. The van der Waals surface area contributed by atoms with Crippen LogP contribution in [-0.4, -0.2) is 51.7 Å². The third kappa shape index (κ3) is 2.24. The van der Waals surface area contributed by atoms with E-state index in [1.807, 2.05) is 15.9 Å². The van der Waals surface area contributed by atoms with Crippen molar-refractivity contribution in [1.29, 1.82) is 0 Å². The van der Waals surface area contributed by atoms with Gasteiger partial charge in [-0.2, -0.15) is 9.61 Å². The summed E-state index contributed by atoms with van der Waals surface area (Å²) in [4.78, 5) is 14.1.